The Bertz CT molecular complexity index is 387. The van der Waals surface area contributed by atoms with Crippen molar-refractivity contribution in [2.24, 2.45) is 0 Å². The summed E-state index contributed by atoms with van der Waals surface area (Å²) in [6.45, 7) is 1.32. The third kappa shape index (κ3) is 2.42. The van der Waals surface area contributed by atoms with Gasteiger partial charge in [-0.2, -0.15) is 8.78 Å². The van der Waals surface area contributed by atoms with Crippen LogP contribution < -0.4 is 0 Å². The highest BCUT2D eigenvalue weighted by molar-refractivity contribution is 6.36. The zero-order valence-corrected chi connectivity index (χ0v) is 8.57. The third-order valence-electron chi connectivity index (χ3n) is 1.88. The molecular formula is C11H10F2O3. The van der Waals surface area contributed by atoms with Gasteiger partial charge in [0.05, 0.1) is 6.61 Å². The lowest BCUT2D eigenvalue weighted by atomic mass is 10.0. The fourth-order valence-electron chi connectivity index (χ4n) is 1.10. The second-order valence-corrected chi connectivity index (χ2v) is 2.99. The molecule has 16 heavy (non-hydrogen) atoms. The second-order valence-electron chi connectivity index (χ2n) is 2.99. The number of rotatable bonds is 4. The van der Waals surface area contributed by atoms with Crippen LogP contribution in [0.25, 0.3) is 0 Å². The molecule has 0 aromatic heterocycles. The zero-order valence-electron chi connectivity index (χ0n) is 8.57. The molecule has 0 bridgehead atoms. The maximum atomic E-state index is 13.5. The Morgan fingerprint density at radius 2 is 1.81 bits per heavy atom. The predicted octanol–water partition coefficient (Wildman–Crippen LogP) is 1.91. The smallest absolute Gasteiger partial charge is 0.381 e. The van der Waals surface area contributed by atoms with Gasteiger partial charge in [0.2, 0.25) is 0 Å². The molecule has 0 unspecified atom stereocenters. The molecule has 0 fully saturated rings. The molecule has 0 aliphatic carbocycles. The fourth-order valence-corrected chi connectivity index (χ4v) is 1.10. The number of hydrogen-bond acceptors (Lipinski definition) is 3. The maximum absolute atomic E-state index is 13.5. The molecule has 0 saturated heterocycles. The highest BCUT2D eigenvalue weighted by atomic mass is 19.3. The van der Waals surface area contributed by atoms with E-state index in [1.807, 2.05) is 0 Å². The number of benzene rings is 1. The van der Waals surface area contributed by atoms with Crippen LogP contribution in [0.3, 0.4) is 0 Å². The topological polar surface area (TPSA) is 43.4 Å². The first-order valence-electron chi connectivity index (χ1n) is 4.65. The van der Waals surface area contributed by atoms with Gasteiger partial charge in [-0.1, -0.05) is 30.3 Å². The molecule has 0 amide bonds. The minimum Gasteiger partial charge on any atom is -0.460 e. The quantitative estimate of drug-likeness (QED) is 0.584. The Hall–Kier alpha value is -1.78. The highest BCUT2D eigenvalue weighted by Crippen LogP contribution is 2.29. The van der Waals surface area contributed by atoms with Crippen LogP contribution in [0.2, 0.25) is 0 Å². The number of hydrogen-bond donors (Lipinski definition) is 0. The normalized spacial score (nSPS) is 10.9. The molecule has 1 aromatic carbocycles. The molecular weight excluding hydrogens is 218 g/mol. The summed E-state index contributed by atoms with van der Waals surface area (Å²) in [6, 6.07) is 6.42. The van der Waals surface area contributed by atoms with Crippen molar-refractivity contribution in [3.63, 3.8) is 0 Å². The van der Waals surface area contributed by atoms with E-state index in [2.05, 4.69) is 4.74 Å². The third-order valence-corrected chi connectivity index (χ3v) is 1.88. The van der Waals surface area contributed by atoms with Gasteiger partial charge in [-0.15, -0.1) is 0 Å². The van der Waals surface area contributed by atoms with E-state index in [1.54, 1.807) is 0 Å². The van der Waals surface area contributed by atoms with Gasteiger partial charge < -0.3 is 4.74 Å². The van der Waals surface area contributed by atoms with Gasteiger partial charge in [0.1, 0.15) is 0 Å². The average Bonchev–Trinajstić information content (AvgIpc) is 2.29. The van der Waals surface area contributed by atoms with Crippen LogP contribution in [-0.2, 0) is 20.2 Å². The van der Waals surface area contributed by atoms with Crippen LogP contribution in [0, 0.1) is 0 Å². The molecule has 5 heteroatoms. The van der Waals surface area contributed by atoms with Crippen molar-refractivity contribution in [1.82, 2.24) is 0 Å². The minimum atomic E-state index is -3.84. The van der Waals surface area contributed by atoms with E-state index in [-0.39, 0.29) is 6.61 Å². The Labute approximate surface area is 91.0 Å². The van der Waals surface area contributed by atoms with Crippen molar-refractivity contribution >= 4 is 11.8 Å². The molecule has 86 valence electrons. The van der Waals surface area contributed by atoms with Crippen LogP contribution in [0.4, 0.5) is 8.78 Å². The molecule has 0 spiro atoms. The monoisotopic (exact) mass is 228 g/mol. The van der Waals surface area contributed by atoms with Crippen LogP contribution in [0.5, 0.6) is 0 Å². The number of Topliss-reactive ketones (excluding diaryl/α,β-unsaturated/α-hetero) is 1. The van der Waals surface area contributed by atoms with Crippen LogP contribution in [0.15, 0.2) is 30.3 Å². The van der Waals surface area contributed by atoms with E-state index in [9.17, 15) is 18.4 Å². The van der Waals surface area contributed by atoms with Crippen molar-refractivity contribution in [1.29, 1.82) is 0 Å². The van der Waals surface area contributed by atoms with Crippen LogP contribution in [-0.4, -0.2) is 18.4 Å². The maximum Gasteiger partial charge on any atom is 0.381 e. The number of carbonyl (C=O) groups excluding carboxylic acids is 2. The number of alkyl halides is 2. The van der Waals surface area contributed by atoms with Crippen molar-refractivity contribution in [3.8, 4) is 0 Å². The first kappa shape index (κ1) is 12.3. The molecule has 0 radical (unpaired) electrons. The molecule has 0 saturated carbocycles. The SMILES string of the molecule is CCOC(=O)C(=O)C(F)(F)c1ccccc1. The molecule has 3 nitrogen and oxygen atoms in total. The molecule has 1 aromatic rings. The van der Waals surface area contributed by atoms with E-state index in [0.717, 1.165) is 12.1 Å². The number of ketones is 1. The van der Waals surface area contributed by atoms with Crippen molar-refractivity contribution < 1.29 is 23.1 Å². The predicted molar refractivity (Wildman–Crippen MR) is 52.0 cm³/mol. The molecule has 0 aliphatic heterocycles. The lowest BCUT2D eigenvalue weighted by molar-refractivity contribution is -0.166. The number of halogens is 2. The van der Waals surface area contributed by atoms with E-state index in [0.29, 0.717) is 0 Å². The van der Waals surface area contributed by atoms with Gasteiger partial charge in [0.15, 0.2) is 0 Å². The average molecular weight is 228 g/mol. The summed E-state index contributed by atoms with van der Waals surface area (Å²) in [5.74, 6) is -7.20. The zero-order chi connectivity index (χ0) is 12.2. The van der Waals surface area contributed by atoms with Crippen molar-refractivity contribution in [2.75, 3.05) is 6.61 Å². The first-order valence-corrected chi connectivity index (χ1v) is 4.65. The van der Waals surface area contributed by atoms with E-state index < -0.39 is 23.2 Å². The van der Waals surface area contributed by atoms with Crippen LogP contribution in [0.1, 0.15) is 12.5 Å². The molecule has 0 N–H and O–H groups in total. The summed E-state index contributed by atoms with van der Waals surface area (Å²) in [7, 11) is 0. The summed E-state index contributed by atoms with van der Waals surface area (Å²) in [5, 5.41) is 0. The minimum absolute atomic E-state index is 0.116. The van der Waals surface area contributed by atoms with Gasteiger partial charge >= 0.3 is 17.7 Å². The summed E-state index contributed by atoms with van der Waals surface area (Å²) in [5.41, 5.74) is -0.520. The lowest BCUT2D eigenvalue weighted by Crippen LogP contribution is -2.34. The van der Waals surface area contributed by atoms with Gasteiger partial charge in [-0.3, -0.25) is 4.79 Å². The number of ether oxygens (including phenoxy) is 1. The summed E-state index contributed by atoms with van der Waals surface area (Å²) in [6.07, 6.45) is 0. The Morgan fingerprint density at radius 1 is 1.25 bits per heavy atom. The van der Waals surface area contributed by atoms with Gasteiger partial charge in [-0.25, -0.2) is 4.79 Å². The number of carbonyl (C=O) groups is 2. The molecule has 0 atom stereocenters. The summed E-state index contributed by atoms with van der Waals surface area (Å²) in [4.78, 5) is 22.0. The van der Waals surface area contributed by atoms with Gasteiger partial charge in [-0.05, 0) is 6.92 Å². The lowest BCUT2D eigenvalue weighted by Gasteiger charge is -2.13. The van der Waals surface area contributed by atoms with E-state index >= 15 is 0 Å². The van der Waals surface area contributed by atoms with Gasteiger partial charge in [0.25, 0.3) is 0 Å². The molecule has 0 heterocycles. The molecule has 0 aliphatic rings. The van der Waals surface area contributed by atoms with Crippen LogP contribution >= 0.6 is 0 Å². The molecule has 1 rings (SSSR count). The standard InChI is InChI=1S/C11H10F2O3/c1-2-16-10(15)9(14)11(12,13)8-6-4-3-5-7-8/h3-7H,2H2,1H3. The summed E-state index contributed by atoms with van der Waals surface area (Å²) >= 11 is 0. The van der Waals surface area contributed by atoms with E-state index in [4.69, 9.17) is 0 Å². The highest BCUT2D eigenvalue weighted by Gasteiger charge is 2.45. The van der Waals surface area contributed by atoms with Crippen molar-refractivity contribution in [3.05, 3.63) is 35.9 Å². The number of esters is 1. The Kier molecular flexibility index (Phi) is 3.71. The van der Waals surface area contributed by atoms with E-state index in [1.165, 1.54) is 25.1 Å². The Morgan fingerprint density at radius 3 is 2.31 bits per heavy atom. The largest absolute Gasteiger partial charge is 0.460 e. The first-order chi connectivity index (χ1) is 7.50. The second kappa shape index (κ2) is 4.83. The summed E-state index contributed by atoms with van der Waals surface area (Å²) < 4.78 is 31.2. The van der Waals surface area contributed by atoms with Crippen molar-refractivity contribution in [2.45, 2.75) is 12.8 Å². The van der Waals surface area contributed by atoms with Gasteiger partial charge in [0, 0.05) is 5.56 Å². The fraction of sp³-hybridized carbons (Fsp3) is 0.273. The Balaban J connectivity index is 2.94.